The quantitative estimate of drug-likeness (QED) is 0.872. The van der Waals surface area contributed by atoms with Crippen LogP contribution >= 0.6 is 11.3 Å². The van der Waals surface area contributed by atoms with Crippen LogP contribution in [0.2, 0.25) is 0 Å². The zero-order chi connectivity index (χ0) is 14.9. The van der Waals surface area contributed by atoms with E-state index in [4.69, 9.17) is 19.6 Å². The van der Waals surface area contributed by atoms with E-state index >= 15 is 0 Å². The SMILES string of the molecule is COC1(C(=O)c2sc(N)nc2-c2ccco2)CCOCC1. The fourth-order valence-corrected chi connectivity index (χ4v) is 3.37. The summed E-state index contributed by atoms with van der Waals surface area (Å²) in [7, 11) is 1.56. The number of aromatic nitrogens is 1. The van der Waals surface area contributed by atoms with Crippen molar-refractivity contribution in [1.82, 2.24) is 4.98 Å². The van der Waals surface area contributed by atoms with Gasteiger partial charge < -0.3 is 19.6 Å². The molecule has 1 aliphatic heterocycles. The van der Waals surface area contributed by atoms with Crippen molar-refractivity contribution in [3.8, 4) is 11.5 Å². The van der Waals surface area contributed by atoms with E-state index in [9.17, 15) is 4.79 Å². The number of carbonyl (C=O) groups is 1. The lowest BCUT2D eigenvalue weighted by Gasteiger charge is -2.34. The summed E-state index contributed by atoms with van der Waals surface area (Å²) in [6, 6.07) is 3.51. The molecule has 0 aliphatic carbocycles. The Bertz CT molecular complexity index is 629. The number of nitrogens with zero attached hydrogens (tertiary/aromatic N) is 1. The van der Waals surface area contributed by atoms with Crippen LogP contribution in [-0.4, -0.2) is 36.7 Å². The Morgan fingerprint density at radius 3 is 2.86 bits per heavy atom. The summed E-state index contributed by atoms with van der Waals surface area (Å²) < 4.78 is 16.2. The minimum absolute atomic E-state index is 0.103. The maximum Gasteiger partial charge on any atom is 0.207 e. The Labute approximate surface area is 125 Å². The minimum atomic E-state index is -0.863. The van der Waals surface area contributed by atoms with Gasteiger partial charge in [0.2, 0.25) is 5.78 Å². The average Bonchev–Trinajstić information content (AvgIpc) is 3.16. The van der Waals surface area contributed by atoms with E-state index in [-0.39, 0.29) is 5.78 Å². The van der Waals surface area contributed by atoms with Gasteiger partial charge in [-0.05, 0) is 12.1 Å². The number of nitrogen functional groups attached to an aromatic ring is 1. The third-order valence-electron chi connectivity index (χ3n) is 3.71. The molecule has 0 amide bonds. The monoisotopic (exact) mass is 308 g/mol. The molecule has 0 aromatic carbocycles. The summed E-state index contributed by atoms with van der Waals surface area (Å²) in [6.07, 6.45) is 2.59. The Kier molecular flexibility index (Phi) is 3.79. The molecule has 21 heavy (non-hydrogen) atoms. The summed E-state index contributed by atoms with van der Waals surface area (Å²) in [5, 5.41) is 0.336. The van der Waals surface area contributed by atoms with E-state index in [0.29, 0.717) is 47.5 Å². The molecule has 1 aliphatic rings. The molecule has 7 heteroatoms. The molecule has 0 radical (unpaired) electrons. The van der Waals surface area contributed by atoms with Gasteiger partial charge in [-0.15, -0.1) is 0 Å². The summed E-state index contributed by atoms with van der Waals surface area (Å²) in [5.74, 6) is 0.429. The molecule has 2 N–H and O–H groups in total. The lowest BCUT2D eigenvalue weighted by atomic mass is 9.88. The second kappa shape index (κ2) is 5.59. The van der Waals surface area contributed by atoms with Gasteiger partial charge in [0.05, 0.1) is 6.26 Å². The van der Waals surface area contributed by atoms with Crippen LogP contribution in [0.3, 0.4) is 0 Å². The summed E-state index contributed by atoms with van der Waals surface area (Å²) in [6.45, 7) is 1.01. The second-order valence-electron chi connectivity index (χ2n) is 4.85. The van der Waals surface area contributed by atoms with Crippen LogP contribution in [0.1, 0.15) is 22.5 Å². The molecule has 3 heterocycles. The van der Waals surface area contributed by atoms with Crippen LogP contribution in [0.4, 0.5) is 5.13 Å². The fraction of sp³-hybridized carbons (Fsp3) is 0.429. The number of methoxy groups -OCH3 is 1. The average molecular weight is 308 g/mol. The molecule has 2 aromatic heterocycles. The van der Waals surface area contributed by atoms with Gasteiger partial charge in [0.15, 0.2) is 10.9 Å². The second-order valence-corrected chi connectivity index (χ2v) is 5.88. The Morgan fingerprint density at radius 1 is 1.48 bits per heavy atom. The highest BCUT2D eigenvalue weighted by Crippen LogP contribution is 2.36. The number of ketones is 1. The molecule has 3 rings (SSSR count). The third-order valence-corrected chi connectivity index (χ3v) is 4.59. The molecule has 0 saturated carbocycles. The van der Waals surface area contributed by atoms with Gasteiger partial charge >= 0.3 is 0 Å². The van der Waals surface area contributed by atoms with Crippen molar-refractivity contribution in [2.45, 2.75) is 18.4 Å². The molecule has 112 valence electrons. The maximum absolute atomic E-state index is 13.0. The largest absolute Gasteiger partial charge is 0.463 e. The topological polar surface area (TPSA) is 87.6 Å². The smallest absolute Gasteiger partial charge is 0.207 e. The number of thiazole rings is 1. The van der Waals surface area contributed by atoms with E-state index in [1.165, 1.54) is 0 Å². The van der Waals surface area contributed by atoms with E-state index in [1.54, 1.807) is 25.5 Å². The van der Waals surface area contributed by atoms with Crippen molar-refractivity contribution in [3.63, 3.8) is 0 Å². The Morgan fingerprint density at radius 2 is 2.24 bits per heavy atom. The summed E-state index contributed by atoms with van der Waals surface area (Å²) in [5.41, 5.74) is 5.40. The van der Waals surface area contributed by atoms with Gasteiger partial charge in [-0.1, -0.05) is 11.3 Å². The summed E-state index contributed by atoms with van der Waals surface area (Å²) >= 11 is 1.16. The zero-order valence-corrected chi connectivity index (χ0v) is 12.4. The standard InChI is InChI=1S/C14H16N2O4S/c1-18-14(4-7-19-8-5-14)12(17)11-10(16-13(15)21-11)9-3-2-6-20-9/h2-3,6H,4-5,7-8H2,1H3,(H2,15,16). The zero-order valence-electron chi connectivity index (χ0n) is 11.6. The highest BCUT2D eigenvalue weighted by atomic mass is 32.1. The number of ether oxygens (including phenoxy) is 2. The molecular formula is C14H16N2O4S. The number of hydrogen-bond acceptors (Lipinski definition) is 7. The molecule has 0 spiro atoms. The number of Topliss-reactive ketones (excluding diaryl/α,β-unsaturated/α-hetero) is 1. The molecule has 2 aromatic rings. The molecular weight excluding hydrogens is 292 g/mol. The van der Waals surface area contributed by atoms with Crippen LogP contribution < -0.4 is 5.73 Å². The molecule has 1 saturated heterocycles. The van der Waals surface area contributed by atoms with E-state index in [2.05, 4.69) is 4.98 Å². The van der Waals surface area contributed by atoms with Crippen LogP contribution in [0.5, 0.6) is 0 Å². The number of hydrogen-bond donors (Lipinski definition) is 1. The first-order valence-corrected chi connectivity index (χ1v) is 7.46. The van der Waals surface area contributed by atoms with Gasteiger partial charge in [-0.3, -0.25) is 4.79 Å². The van der Waals surface area contributed by atoms with Gasteiger partial charge in [-0.2, -0.15) is 0 Å². The summed E-state index contributed by atoms with van der Waals surface area (Å²) in [4.78, 5) is 17.7. The van der Waals surface area contributed by atoms with Crippen molar-refractivity contribution in [1.29, 1.82) is 0 Å². The first kappa shape index (κ1) is 14.2. The number of furan rings is 1. The fourth-order valence-electron chi connectivity index (χ4n) is 2.50. The molecule has 6 nitrogen and oxygen atoms in total. The Hall–Kier alpha value is -1.70. The lowest BCUT2D eigenvalue weighted by Crippen LogP contribution is -2.45. The van der Waals surface area contributed by atoms with Crippen molar-refractivity contribution in [2.24, 2.45) is 0 Å². The van der Waals surface area contributed by atoms with Gasteiger partial charge in [-0.25, -0.2) is 4.98 Å². The highest BCUT2D eigenvalue weighted by molar-refractivity contribution is 7.17. The van der Waals surface area contributed by atoms with Crippen LogP contribution in [0.25, 0.3) is 11.5 Å². The Balaban J connectivity index is 2.01. The predicted molar refractivity (Wildman–Crippen MR) is 78.4 cm³/mol. The van der Waals surface area contributed by atoms with Crippen molar-refractivity contribution in [2.75, 3.05) is 26.1 Å². The van der Waals surface area contributed by atoms with Crippen molar-refractivity contribution >= 4 is 22.3 Å². The van der Waals surface area contributed by atoms with Gasteiger partial charge in [0, 0.05) is 33.2 Å². The van der Waals surface area contributed by atoms with Crippen molar-refractivity contribution in [3.05, 3.63) is 23.3 Å². The number of rotatable bonds is 4. The molecule has 1 fully saturated rings. The highest BCUT2D eigenvalue weighted by Gasteiger charge is 2.43. The maximum atomic E-state index is 13.0. The first-order valence-electron chi connectivity index (χ1n) is 6.64. The van der Waals surface area contributed by atoms with Gasteiger partial charge in [0.1, 0.15) is 16.2 Å². The van der Waals surface area contributed by atoms with E-state index < -0.39 is 5.60 Å². The number of anilines is 1. The van der Waals surface area contributed by atoms with E-state index in [1.807, 2.05) is 0 Å². The van der Waals surface area contributed by atoms with Crippen LogP contribution in [0, 0.1) is 0 Å². The van der Waals surface area contributed by atoms with Crippen molar-refractivity contribution < 1.29 is 18.7 Å². The third kappa shape index (κ3) is 2.48. The molecule has 0 unspecified atom stereocenters. The number of nitrogens with two attached hydrogens (primary N) is 1. The van der Waals surface area contributed by atoms with Gasteiger partial charge in [0.25, 0.3) is 0 Å². The number of carbonyl (C=O) groups excluding carboxylic acids is 1. The lowest BCUT2D eigenvalue weighted by molar-refractivity contribution is -0.0660. The predicted octanol–water partition coefficient (Wildman–Crippen LogP) is 2.36. The van der Waals surface area contributed by atoms with Crippen LogP contribution in [-0.2, 0) is 9.47 Å². The molecule has 0 bridgehead atoms. The minimum Gasteiger partial charge on any atom is -0.463 e. The van der Waals surface area contributed by atoms with E-state index in [0.717, 1.165) is 11.3 Å². The normalized spacial score (nSPS) is 17.8. The van der Waals surface area contributed by atoms with Crippen LogP contribution in [0.15, 0.2) is 22.8 Å². The molecule has 0 atom stereocenters. The first-order chi connectivity index (χ1) is 10.2.